The highest BCUT2D eigenvalue weighted by molar-refractivity contribution is 5.74. The van der Waals surface area contributed by atoms with E-state index in [9.17, 15) is 10.3 Å². The highest BCUT2D eigenvalue weighted by Crippen LogP contribution is 2.16. The predicted molar refractivity (Wildman–Crippen MR) is 51.8 cm³/mol. The maximum Gasteiger partial charge on any atom is 0.169 e. The molecule has 0 aromatic rings. The van der Waals surface area contributed by atoms with Crippen LogP contribution in [0.25, 0.3) is 0 Å². The van der Waals surface area contributed by atoms with E-state index in [2.05, 4.69) is 0 Å². The minimum atomic E-state index is -0.828. The van der Waals surface area contributed by atoms with Crippen LogP contribution in [-0.2, 0) is 0 Å². The predicted octanol–water partition coefficient (Wildman–Crippen LogP) is 0.499. The first kappa shape index (κ1) is 12.4. The van der Waals surface area contributed by atoms with Crippen molar-refractivity contribution >= 4 is 5.71 Å². The van der Waals surface area contributed by atoms with Crippen molar-refractivity contribution in [2.75, 3.05) is 6.61 Å². The summed E-state index contributed by atoms with van der Waals surface area (Å²) in [6, 6.07) is 0. The third kappa shape index (κ3) is 3.74. The van der Waals surface area contributed by atoms with E-state index in [-0.39, 0.29) is 13.0 Å². The van der Waals surface area contributed by atoms with Crippen LogP contribution in [-0.4, -0.2) is 38.9 Å². The highest BCUT2D eigenvalue weighted by atomic mass is 16.5. The maximum atomic E-state index is 11.5. The van der Waals surface area contributed by atoms with Crippen molar-refractivity contribution in [3.8, 4) is 0 Å². The Balaban J connectivity index is 4.49. The van der Waals surface area contributed by atoms with Gasteiger partial charge in [-0.25, -0.2) is 4.74 Å². The lowest BCUT2D eigenvalue weighted by molar-refractivity contribution is -0.544. The molecule has 0 aliphatic heterocycles. The van der Waals surface area contributed by atoms with Crippen LogP contribution < -0.4 is 0 Å². The number of hydrogen-bond acceptors (Lipinski definition) is 3. The van der Waals surface area contributed by atoms with Crippen LogP contribution in [0.15, 0.2) is 0 Å². The van der Waals surface area contributed by atoms with Gasteiger partial charge in [-0.2, -0.15) is 0 Å². The molecule has 0 amide bonds. The molecule has 78 valence electrons. The number of aliphatic hydroxyl groups excluding tert-OH is 2. The van der Waals surface area contributed by atoms with Crippen molar-refractivity contribution in [1.29, 1.82) is 0 Å². The van der Waals surface area contributed by atoms with E-state index in [4.69, 9.17) is 5.11 Å². The summed E-state index contributed by atoms with van der Waals surface area (Å²) in [5.41, 5.74) is -0.0174. The van der Waals surface area contributed by atoms with Gasteiger partial charge in [0.05, 0.1) is 12.7 Å². The number of aliphatic hydroxyl groups is 2. The summed E-state index contributed by atoms with van der Waals surface area (Å²) in [6.07, 6.45) is -0.566. The monoisotopic (exact) mass is 189 g/mol. The molecule has 4 heteroatoms. The Hall–Kier alpha value is -0.610. The topological polar surface area (TPSA) is 66.5 Å². The van der Waals surface area contributed by atoms with E-state index in [1.165, 1.54) is 0 Å². The molecule has 0 heterocycles. The van der Waals surface area contributed by atoms with Gasteiger partial charge in [0.1, 0.15) is 0 Å². The zero-order valence-electron chi connectivity index (χ0n) is 8.74. The van der Waals surface area contributed by atoms with Crippen LogP contribution in [0.5, 0.6) is 0 Å². The highest BCUT2D eigenvalue weighted by Gasteiger charge is 2.30. The number of nitrogens with zero attached hydrogens (tertiary/aromatic N) is 1. The van der Waals surface area contributed by atoms with E-state index in [0.717, 1.165) is 4.74 Å². The number of hydroxylamine groups is 1. The SMILES string of the molecule is CC(C)=[N+]([O-])C(C)(C)CC(O)CO. The molecule has 13 heavy (non-hydrogen) atoms. The van der Waals surface area contributed by atoms with Crippen molar-refractivity contribution in [3.05, 3.63) is 5.21 Å². The molecule has 0 radical (unpaired) electrons. The van der Waals surface area contributed by atoms with Gasteiger partial charge in [0.25, 0.3) is 0 Å². The molecule has 1 unspecified atom stereocenters. The number of rotatable bonds is 4. The molecule has 0 aliphatic rings. The first-order valence-electron chi connectivity index (χ1n) is 4.37. The standard InChI is InChI=1S/C9H19NO3/c1-7(2)10(13)9(3,4)5-8(12)6-11/h8,11-12H,5-6H2,1-4H3. The largest absolute Gasteiger partial charge is 0.623 e. The molecule has 0 fully saturated rings. The van der Waals surface area contributed by atoms with E-state index >= 15 is 0 Å². The molecule has 2 N–H and O–H groups in total. The fraction of sp³-hybridized carbons (Fsp3) is 0.889. The molecule has 0 spiro atoms. The van der Waals surface area contributed by atoms with Crippen molar-refractivity contribution in [3.63, 3.8) is 0 Å². The van der Waals surface area contributed by atoms with Crippen molar-refractivity contribution in [1.82, 2.24) is 0 Å². The van der Waals surface area contributed by atoms with Crippen molar-refractivity contribution in [2.24, 2.45) is 0 Å². The van der Waals surface area contributed by atoms with Gasteiger partial charge in [-0.1, -0.05) is 0 Å². The normalized spacial score (nSPS) is 14.0. The third-order valence-corrected chi connectivity index (χ3v) is 1.90. The maximum absolute atomic E-state index is 11.5. The molecule has 0 aromatic heterocycles. The van der Waals surface area contributed by atoms with Gasteiger partial charge in [-0.15, -0.1) is 0 Å². The smallest absolute Gasteiger partial charge is 0.169 e. The van der Waals surface area contributed by atoms with Crippen molar-refractivity contribution < 1.29 is 15.0 Å². The molecule has 1 atom stereocenters. The van der Waals surface area contributed by atoms with Gasteiger partial charge in [-0.3, -0.25) is 0 Å². The minimum absolute atomic E-state index is 0.262. The molecule has 0 rings (SSSR count). The third-order valence-electron chi connectivity index (χ3n) is 1.90. The number of hydrogen-bond donors (Lipinski definition) is 2. The second kappa shape index (κ2) is 4.58. The average molecular weight is 189 g/mol. The second-order valence-corrected chi connectivity index (χ2v) is 4.09. The van der Waals surface area contributed by atoms with Gasteiger partial charge in [0.15, 0.2) is 11.3 Å². The van der Waals surface area contributed by atoms with Gasteiger partial charge in [-0.05, 0) is 0 Å². The first-order valence-corrected chi connectivity index (χ1v) is 4.37. The summed E-state index contributed by atoms with van der Waals surface area (Å²) in [5, 5.41) is 29.3. The van der Waals surface area contributed by atoms with Crippen molar-refractivity contribution in [2.45, 2.75) is 45.8 Å². The van der Waals surface area contributed by atoms with Crippen LogP contribution in [0.1, 0.15) is 34.1 Å². The minimum Gasteiger partial charge on any atom is -0.623 e. The second-order valence-electron chi connectivity index (χ2n) is 4.09. The Labute approximate surface area is 79.1 Å². The quantitative estimate of drug-likeness (QED) is 0.293. The Bertz CT molecular complexity index is 195. The molecule has 4 nitrogen and oxygen atoms in total. The van der Waals surface area contributed by atoms with Gasteiger partial charge in [0, 0.05) is 34.1 Å². The molecule has 0 saturated heterocycles. The Morgan fingerprint density at radius 1 is 1.46 bits per heavy atom. The van der Waals surface area contributed by atoms with Gasteiger partial charge >= 0.3 is 0 Å². The lowest BCUT2D eigenvalue weighted by Gasteiger charge is -2.26. The van der Waals surface area contributed by atoms with E-state index in [0.29, 0.717) is 5.71 Å². The molecule has 0 saturated carbocycles. The molecule has 0 aromatic carbocycles. The Morgan fingerprint density at radius 3 is 2.23 bits per heavy atom. The molecular weight excluding hydrogens is 170 g/mol. The molecule has 0 aliphatic carbocycles. The lowest BCUT2D eigenvalue weighted by Crippen LogP contribution is -2.39. The fourth-order valence-corrected chi connectivity index (χ4v) is 1.33. The summed E-state index contributed by atoms with van der Waals surface area (Å²) in [7, 11) is 0. The van der Waals surface area contributed by atoms with Crippen LogP contribution in [0, 0.1) is 5.21 Å². The van der Waals surface area contributed by atoms with E-state index in [1.807, 2.05) is 0 Å². The summed E-state index contributed by atoms with van der Waals surface area (Å²) < 4.78 is 0.867. The fourth-order valence-electron chi connectivity index (χ4n) is 1.33. The Kier molecular flexibility index (Phi) is 4.36. The summed E-state index contributed by atoms with van der Waals surface area (Å²) in [6.45, 7) is 6.62. The first-order chi connectivity index (χ1) is 5.81. The van der Waals surface area contributed by atoms with Gasteiger partial charge < -0.3 is 15.4 Å². The molecule has 0 bridgehead atoms. The van der Waals surface area contributed by atoms with E-state index in [1.54, 1.807) is 27.7 Å². The zero-order valence-corrected chi connectivity index (χ0v) is 8.74. The van der Waals surface area contributed by atoms with E-state index < -0.39 is 11.6 Å². The molecular formula is C9H19NO3. The van der Waals surface area contributed by atoms with Crippen LogP contribution >= 0.6 is 0 Å². The summed E-state index contributed by atoms with van der Waals surface area (Å²) in [4.78, 5) is 0. The van der Waals surface area contributed by atoms with Crippen LogP contribution in [0.2, 0.25) is 0 Å². The van der Waals surface area contributed by atoms with Crippen LogP contribution in [0.3, 0.4) is 0 Å². The summed E-state index contributed by atoms with van der Waals surface area (Å²) >= 11 is 0. The average Bonchev–Trinajstić information content (AvgIpc) is 2.01. The Morgan fingerprint density at radius 2 is 1.92 bits per heavy atom. The summed E-state index contributed by atoms with van der Waals surface area (Å²) in [5.74, 6) is 0. The lowest BCUT2D eigenvalue weighted by atomic mass is 9.97. The van der Waals surface area contributed by atoms with Gasteiger partial charge in [0.2, 0.25) is 0 Å². The van der Waals surface area contributed by atoms with Crippen LogP contribution in [0.4, 0.5) is 0 Å². The zero-order chi connectivity index (χ0) is 10.6.